The van der Waals surface area contributed by atoms with Crippen molar-refractivity contribution < 1.29 is 24.2 Å². The first-order valence-electron chi connectivity index (χ1n) is 7.75. The van der Waals surface area contributed by atoms with Crippen LogP contribution in [0.4, 0.5) is 0 Å². The Morgan fingerprint density at radius 2 is 1.96 bits per heavy atom. The van der Waals surface area contributed by atoms with Crippen LogP contribution in [0.5, 0.6) is 11.5 Å². The third kappa shape index (κ3) is 5.47. The summed E-state index contributed by atoms with van der Waals surface area (Å²) in [5.41, 5.74) is 0.330. The van der Waals surface area contributed by atoms with E-state index < -0.39 is 17.9 Å². The fourth-order valence-electron chi connectivity index (χ4n) is 1.99. The number of amides is 1. The predicted octanol–water partition coefficient (Wildman–Crippen LogP) is 2.71. The van der Waals surface area contributed by atoms with E-state index in [1.165, 1.54) is 7.11 Å². The Labute approximate surface area is 136 Å². The number of hydrogen-bond acceptors (Lipinski definition) is 4. The molecule has 1 aromatic carbocycles. The van der Waals surface area contributed by atoms with Crippen LogP contribution >= 0.6 is 0 Å². The number of ether oxygens (including phenoxy) is 2. The third-order valence-corrected chi connectivity index (χ3v) is 3.40. The van der Waals surface area contributed by atoms with E-state index in [0.717, 1.165) is 12.8 Å². The molecule has 0 bridgehead atoms. The lowest BCUT2D eigenvalue weighted by Gasteiger charge is -2.18. The smallest absolute Gasteiger partial charge is 0.326 e. The van der Waals surface area contributed by atoms with Crippen molar-refractivity contribution in [2.75, 3.05) is 13.7 Å². The molecule has 0 aliphatic carbocycles. The number of unbranched alkanes of at least 4 members (excludes halogenated alkanes) is 1. The molecule has 0 aliphatic heterocycles. The zero-order valence-corrected chi connectivity index (χ0v) is 14.1. The number of aliphatic carboxylic acids is 1. The minimum atomic E-state index is -1.06. The van der Waals surface area contributed by atoms with Crippen LogP contribution < -0.4 is 14.8 Å². The highest BCUT2D eigenvalue weighted by Crippen LogP contribution is 2.28. The molecule has 6 nitrogen and oxygen atoms in total. The zero-order chi connectivity index (χ0) is 17.4. The summed E-state index contributed by atoms with van der Waals surface area (Å²) in [5.74, 6) is -0.708. The monoisotopic (exact) mass is 323 g/mol. The number of hydrogen-bond donors (Lipinski definition) is 2. The first-order chi connectivity index (χ1) is 10.9. The number of carboxylic acid groups (broad SMARTS) is 1. The van der Waals surface area contributed by atoms with E-state index in [4.69, 9.17) is 14.6 Å². The van der Waals surface area contributed by atoms with Gasteiger partial charge in [-0.15, -0.1) is 0 Å². The molecular weight excluding hydrogens is 298 g/mol. The fraction of sp³-hybridized carbons (Fsp3) is 0.529. The van der Waals surface area contributed by atoms with Crippen LogP contribution in [-0.4, -0.2) is 36.7 Å². The van der Waals surface area contributed by atoms with Gasteiger partial charge in [-0.3, -0.25) is 4.79 Å². The molecule has 23 heavy (non-hydrogen) atoms. The molecule has 0 fully saturated rings. The topological polar surface area (TPSA) is 84.9 Å². The number of nitrogens with one attached hydrogen (secondary N) is 1. The summed E-state index contributed by atoms with van der Waals surface area (Å²) in [6.45, 7) is 6.13. The van der Waals surface area contributed by atoms with Crippen molar-refractivity contribution in [1.29, 1.82) is 0 Å². The molecule has 6 heteroatoms. The predicted molar refractivity (Wildman–Crippen MR) is 87.1 cm³/mol. The van der Waals surface area contributed by atoms with E-state index in [1.807, 2.05) is 0 Å². The quantitative estimate of drug-likeness (QED) is 0.683. The van der Waals surface area contributed by atoms with E-state index in [0.29, 0.717) is 23.7 Å². The second kappa shape index (κ2) is 9.02. The molecule has 0 heterocycles. The zero-order valence-electron chi connectivity index (χ0n) is 14.1. The average Bonchev–Trinajstić information content (AvgIpc) is 2.52. The van der Waals surface area contributed by atoms with Crippen molar-refractivity contribution in [3.8, 4) is 11.5 Å². The number of carbonyl (C=O) groups excluding carboxylic acids is 1. The molecule has 0 aromatic heterocycles. The number of rotatable bonds is 9. The Morgan fingerprint density at radius 3 is 2.48 bits per heavy atom. The number of benzene rings is 1. The second-order valence-corrected chi connectivity index (χ2v) is 5.60. The maximum atomic E-state index is 12.2. The van der Waals surface area contributed by atoms with Gasteiger partial charge in [0.2, 0.25) is 0 Å². The summed E-state index contributed by atoms with van der Waals surface area (Å²) in [4.78, 5) is 23.4. The first-order valence-corrected chi connectivity index (χ1v) is 7.75. The molecule has 0 spiro atoms. The second-order valence-electron chi connectivity index (χ2n) is 5.60. The number of methoxy groups -OCH3 is 1. The van der Waals surface area contributed by atoms with Gasteiger partial charge in [-0.05, 0) is 30.5 Å². The van der Waals surface area contributed by atoms with Crippen molar-refractivity contribution in [1.82, 2.24) is 5.32 Å². The van der Waals surface area contributed by atoms with Gasteiger partial charge >= 0.3 is 5.97 Å². The Bertz CT molecular complexity index is 542. The van der Waals surface area contributed by atoms with Gasteiger partial charge in [0.1, 0.15) is 6.04 Å². The standard InChI is InChI=1S/C17H25NO5/c1-5-6-9-23-13-8-7-12(10-14(13)22-4)16(19)18-15(11(2)3)17(20)21/h7-8,10-11,15H,5-6,9H2,1-4H3,(H,18,19)(H,20,21)/t15-/m0/s1. The lowest BCUT2D eigenvalue weighted by Crippen LogP contribution is -2.44. The highest BCUT2D eigenvalue weighted by atomic mass is 16.5. The van der Waals surface area contributed by atoms with Gasteiger partial charge in [-0.25, -0.2) is 4.79 Å². The third-order valence-electron chi connectivity index (χ3n) is 3.40. The number of carboxylic acids is 1. The summed E-state index contributed by atoms with van der Waals surface area (Å²) in [7, 11) is 1.50. The molecule has 0 aliphatic rings. The van der Waals surface area contributed by atoms with Crippen molar-refractivity contribution in [2.45, 2.75) is 39.7 Å². The number of carbonyl (C=O) groups is 2. The minimum Gasteiger partial charge on any atom is -0.493 e. The van der Waals surface area contributed by atoms with Crippen LogP contribution in [0, 0.1) is 5.92 Å². The molecule has 1 atom stereocenters. The Kier molecular flexibility index (Phi) is 7.38. The highest BCUT2D eigenvalue weighted by Gasteiger charge is 2.24. The Morgan fingerprint density at radius 1 is 1.26 bits per heavy atom. The molecule has 0 radical (unpaired) electrons. The maximum Gasteiger partial charge on any atom is 0.326 e. The average molecular weight is 323 g/mol. The summed E-state index contributed by atoms with van der Waals surface area (Å²) >= 11 is 0. The van der Waals surface area contributed by atoms with Gasteiger partial charge in [0.05, 0.1) is 13.7 Å². The van der Waals surface area contributed by atoms with E-state index in [1.54, 1.807) is 32.0 Å². The van der Waals surface area contributed by atoms with Crippen LogP contribution in [0.2, 0.25) is 0 Å². The van der Waals surface area contributed by atoms with Crippen LogP contribution in [0.25, 0.3) is 0 Å². The first kappa shape index (κ1) is 18.8. The maximum absolute atomic E-state index is 12.2. The van der Waals surface area contributed by atoms with Gasteiger partial charge in [0.15, 0.2) is 11.5 Å². The highest BCUT2D eigenvalue weighted by molar-refractivity contribution is 5.97. The molecule has 1 amide bonds. The molecule has 0 saturated carbocycles. The van der Waals surface area contributed by atoms with Gasteiger partial charge in [-0.1, -0.05) is 27.2 Å². The van der Waals surface area contributed by atoms with Gasteiger partial charge in [-0.2, -0.15) is 0 Å². The van der Waals surface area contributed by atoms with E-state index >= 15 is 0 Å². The fourth-order valence-corrected chi connectivity index (χ4v) is 1.99. The molecule has 128 valence electrons. The normalized spacial score (nSPS) is 11.9. The Hall–Kier alpha value is -2.24. The van der Waals surface area contributed by atoms with Crippen molar-refractivity contribution in [3.63, 3.8) is 0 Å². The molecule has 2 N–H and O–H groups in total. The Balaban J connectivity index is 2.87. The van der Waals surface area contributed by atoms with Crippen LogP contribution in [0.15, 0.2) is 18.2 Å². The summed E-state index contributed by atoms with van der Waals surface area (Å²) < 4.78 is 10.9. The van der Waals surface area contributed by atoms with Crippen LogP contribution in [-0.2, 0) is 4.79 Å². The van der Waals surface area contributed by atoms with Gasteiger partial charge < -0.3 is 19.9 Å². The lowest BCUT2D eigenvalue weighted by atomic mass is 10.0. The van der Waals surface area contributed by atoms with Crippen LogP contribution in [0.1, 0.15) is 44.0 Å². The molecule has 0 unspecified atom stereocenters. The van der Waals surface area contributed by atoms with Crippen molar-refractivity contribution >= 4 is 11.9 Å². The van der Waals surface area contributed by atoms with Gasteiger partial charge in [0, 0.05) is 5.56 Å². The van der Waals surface area contributed by atoms with Gasteiger partial charge in [0.25, 0.3) is 5.91 Å². The lowest BCUT2D eigenvalue weighted by molar-refractivity contribution is -0.140. The molecule has 1 rings (SSSR count). The van der Waals surface area contributed by atoms with Crippen molar-refractivity contribution in [2.24, 2.45) is 5.92 Å². The summed E-state index contributed by atoms with van der Waals surface area (Å²) in [5, 5.41) is 11.7. The van der Waals surface area contributed by atoms with E-state index in [2.05, 4.69) is 12.2 Å². The molecule has 0 saturated heterocycles. The molecular formula is C17H25NO5. The minimum absolute atomic E-state index is 0.213. The SMILES string of the molecule is CCCCOc1ccc(C(=O)N[C@H](C(=O)O)C(C)C)cc1OC. The van der Waals surface area contributed by atoms with Crippen LogP contribution in [0.3, 0.4) is 0 Å². The van der Waals surface area contributed by atoms with Crippen molar-refractivity contribution in [3.05, 3.63) is 23.8 Å². The largest absolute Gasteiger partial charge is 0.493 e. The van der Waals surface area contributed by atoms with E-state index in [9.17, 15) is 9.59 Å². The molecule has 1 aromatic rings. The summed E-state index contributed by atoms with van der Waals surface area (Å²) in [6.07, 6.45) is 1.95. The van der Waals surface area contributed by atoms with E-state index in [-0.39, 0.29) is 5.92 Å². The summed E-state index contributed by atoms with van der Waals surface area (Å²) in [6, 6.07) is 3.87.